The first kappa shape index (κ1) is 15.4. The Balaban J connectivity index is 0.000000636. The number of hydrogen-bond donors (Lipinski definition) is 0. The molecule has 0 heterocycles. The zero-order chi connectivity index (χ0) is 15.0. The third kappa shape index (κ3) is 2.53. The zero-order valence-electron chi connectivity index (χ0n) is 14.6. The molecule has 5 unspecified atom stereocenters. The van der Waals surface area contributed by atoms with E-state index in [-0.39, 0.29) is 0 Å². The normalized spacial score (nSPS) is 44.4. The molecule has 4 aliphatic carbocycles. The van der Waals surface area contributed by atoms with Crippen molar-refractivity contribution >= 4 is 0 Å². The first-order valence-corrected chi connectivity index (χ1v) is 9.58. The van der Waals surface area contributed by atoms with Crippen LogP contribution < -0.4 is 0 Å². The molecule has 0 nitrogen and oxygen atoms in total. The summed E-state index contributed by atoms with van der Waals surface area (Å²) in [6.45, 7) is 8.98. The fraction of sp³-hybridized carbons (Fsp3) is 0.810. The predicted molar refractivity (Wildman–Crippen MR) is 92.2 cm³/mol. The fourth-order valence-corrected chi connectivity index (χ4v) is 5.96. The SMILES string of the molecule is CC.CC1C=C2CCC3C(CCC4(C)CCCC34)C2=CC1. The molecule has 118 valence electrons. The number of hydrogen-bond acceptors (Lipinski definition) is 0. The van der Waals surface area contributed by atoms with E-state index in [1.807, 2.05) is 13.8 Å². The van der Waals surface area contributed by atoms with Crippen LogP contribution >= 0.6 is 0 Å². The van der Waals surface area contributed by atoms with Crippen LogP contribution in [0.2, 0.25) is 0 Å². The molecule has 0 spiro atoms. The monoisotopic (exact) mass is 286 g/mol. The van der Waals surface area contributed by atoms with Gasteiger partial charge in [-0.2, -0.15) is 0 Å². The van der Waals surface area contributed by atoms with Gasteiger partial charge in [0.05, 0.1) is 0 Å². The van der Waals surface area contributed by atoms with Crippen molar-refractivity contribution in [1.82, 2.24) is 0 Å². The fourth-order valence-electron chi connectivity index (χ4n) is 5.96. The first-order chi connectivity index (χ1) is 10.2. The van der Waals surface area contributed by atoms with Crippen LogP contribution in [0.25, 0.3) is 0 Å². The summed E-state index contributed by atoms with van der Waals surface area (Å²) in [5.41, 5.74) is 4.25. The van der Waals surface area contributed by atoms with Crippen LogP contribution in [0.3, 0.4) is 0 Å². The summed E-state index contributed by atoms with van der Waals surface area (Å²) in [5, 5.41) is 0. The maximum Gasteiger partial charge on any atom is -0.0131 e. The molecule has 3 fully saturated rings. The van der Waals surface area contributed by atoms with Crippen LogP contribution in [0.15, 0.2) is 23.3 Å². The van der Waals surface area contributed by atoms with E-state index in [0.717, 1.165) is 23.7 Å². The molecule has 3 saturated carbocycles. The molecule has 0 radical (unpaired) electrons. The number of fused-ring (bicyclic) bond motifs is 5. The number of rotatable bonds is 0. The van der Waals surface area contributed by atoms with Gasteiger partial charge in [0.25, 0.3) is 0 Å². The van der Waals surface area contributed by atoms with Gasteiger partial charge in [0.2, 0.25) is 0 Å². The lowest BCUT2D eigenvalue weighted by atomic mass is 9.54. The minimum Gasteiger partial charge on any atom is -0.0802 e. The lowest BCUT2D eigenvalue weighted by Gasteiger charge is -2.50. The van der Waals surface area contributed by atoms with Crippen LogP contribution in [0.4, 0.5) is 0 Å². The molecule has 0 heteroatoms. The van der Waals surface area contributed by atoms with Gasteiger partial charge < -0.3 is 0 Å². The molecule has 0 aromatic carbocycles. The Morgan fingerprint density at radius 1 is 1.10 bits per heavy atom. The zero-order valence-corrected chi connectivity index (χ0v) is 14.6. The van der Waals surface area contributed by atoms with Crippen LogP contribution in [0.5, 0.6) is 0 Å². The summed E-state index contributed by atoms with van der Waals surface area (Å²) in [4.78, 5) is 0. The van der Waals surface area contributed by atoms with E-state index in [2.05, 4.69) is 26.0 Å². The first-order valence-electron chi connectivity index (χ1n) is 9.58. The highest BCUT2D eigenvalue weighted by Crippen LogP contribution is 2.61. The highest BCUT2D eigenvalue weighted by Gasteiger charge is 2.50. The average Bonchev–Trinajstić information content (AvgIpc) is 2.90. The van der Waals surface area contributed by atoms with Crippen LogP contribution in [-0.2, 0) is 0 Å². The molecular formula is C21H34. The predicted octanol–water partition coefficient (Wildman–Crippen LogP) is 6.53. The van der Waals surface area contributed by atoms with Crippen LogP contribution in [-0.4, -0.2) is 0 Å². The Kier molecular flexibility index (Phi) is 4.35. The van der Waals surface area contributed by atoms with Gasteiger partial charge >= 0.3 is 0 Å². The molecule has 0 N–H and O–H groups in total. The van der Waals surface area contributed by atoms with Gasteiger partial charge in [-0.15, -0.1) is 0 Å². The van der Waals surface area contributed by atoms with E-state index in [1.54, 1.807) is 11.1 Å². The van der Waals surface area contributed by atoms with Crippen molar-refractivity contribution in [2.75, 3.05) is 0 Å². The average molecular weight is 287 g/mol. The van der Waals surface area contributed by atoms with E-state index >= 15 is 0 Å². The Bertz CT molecular complexity index is 441. The third-order valence-corrected chi connectivity index (χ3v) is 6.93. The van der Waals surface area contributed by atoms with Crippen molar-refractivity contribution < 1.29 is 0 Å². The molecule has 4 aliphatic rings. The molecule has 4 rings (SSSR count). The standard InChI is InChI=1S/C19H28.C2H6/c1-13-5-7-15-14(12-13)6-8-17-16(15)9-11-19(2)10-3-4-18(17)19;1-2/h7,12-13,16-18H,3-6,8-11H2,1-2H3;1-2H3. The third-order valence-electron chi connectivity index (χ3n) is 6.93. The lowest BCUT2D eigenvalue weighted by molar-refractivity contribution is 0.0435. The van der Waals surface area contributed by atoms with Crippen LogP contribution in [0, 0.1) is 29.1 Å². The summed E-state index contributed by atoms with van der Waals surface area (Å²) in [6, 6.07) is 0. The molecule has 21 heavy (non-hydrogen) atoms. The largest absolute Gasteiger partial charge is 0.0802 e. The van der Waals surface area contributed by atoms with Gasteiger partial charge in [-0.05, 0) is 85.2 Å². The quantitative estimate of drug-likeness (QED) is 0.475. The second-order valence-electron chi connectivity index (χ2n) is 8.06. The van der Waals surface area contributed by atoms with Gasteiger partial charge in [-0.1, -0.05) is 46.3 Å². The maximum absolute atomic E-state index is 2.62. The minimum atomic E-state index is 0.713. The van der Waals surface area contributed by atoms with Crippen molar-refractivity contribution in [2.45, 2.75) is 79.1 Å². The second-order valence-corrected chi connectivity index (χ2v) is 8.06. The Morgan fingerprint density at radius 3 is 2.71 bits per heavy atom. The van der Waals surface area contributed by atoms with Crippen LogP contribution in [0.1, 0.15) is 79.1 Å². The summed E-state index contributed by atoms with van der Waals surface area (Å²) in [5.74, 6) is 3.80. The summed E-state index contributed by atoms with van der Waals surface area (Å²) in [6.07, 6.45) is 16.9. The van der Waals surface area contributed by atoms with Gasteiger partial charge in [-0.25, -0.2) is 0 Å². The maximum atomic E-state index is 2.62. The van der Waals surface area contributed by atoms with Crippen molar-refractivity contribution in [3.05, 3.63) is 23.3 Å². The molecule has 0 aliphatic heterocycles. The van der Waals surface area contributed by atoms with E-state index in [1.165, 1.54) is 51.4 Å². The summed E-state index contributed by atoms with van der Waals surface area (Å²) in [7, 11) is 0. The van der Waals surface area contributed by atoms with E-state index in [0.29, 0.717) is 5.41 Å². The van der Waals surface area contributed by atoms with Crippen molar-refractivity contribution in [1.29, 1.82) is 0 Å². The Hall–Kier alpha value is -0.520. The molecule has 0 saturated heterocycles. The molecule has 0 aromatic rings. The Labute approximate surface area is 132 Å². The topological polar surface area (TPSA) is 0 Å². The van der Waals surface area contributed by atoms with Gasteiger partial charge in [-0.3, -0.25) is 0 Å². The van der Waals surface area contributed by atoms with Crippen molar-refractivity contribution in [2.24, 2.45) is 29.1 Å². The van der Waals surface area contributed by atoms with E-state index < -0.39 is 0 Å². The van der Waals surface area contributed by atoms with E-state index in [4.69, 9.17) is 0 Å². The Morgan fingerprint density at radius 2 is 1.90 bits per heavy atom. The summed E-state index contributed by atoms with van der Waals surface area (Å²) < 4.78 is 0. The smallest absolute Gasteiger partial charge is 0.0131 e. The van der Waals surface area contributed by atoms with E-state index in [9.17, 15) is 0 Å². The van der Waals surface area contributed by atoms with Gasteiger partial charge in [0, 0.05) is 0 Å². The highest BCUT2D eigenvalue weighted by atomic mass is 14.6. The van der Waals surface area contributed by atoms with Crippen molar-refractivity contribution in [3.8, 4) is 0 Å². The van der Waals surface area contributed by atoms with Gasteiger partial charge in [0.1, 0.15) is 0 Å². The molecular weight excluding hydrogens is 252 g/mol. The number of allylic oxidation sites excluding steroid dienone is 4. The second kappa shape index (κ2) is 5.94. The molecule has 0 aromatic heterocycles. The summed E-state index contributed by atoms with van der Waals surface area (Å²) >= 11 is 0. The molecule has 0 bridgehead atoms. The van der Waals surface area contributed by atoms with Crippen molar-refractivity contribution in [3.63, 3.8) is 0 Å². The highest BCUT2D eigenvalue weighted by molar-refractivity contribution is 5.39. The minimum absolute atomic E-state index is 0.713. The molecule has 5 atom stereocenters. The van der Waals surface area contributed by atoms with Gasteiger partial charge in [0.15, 0.2) is 0 Å². The lowest BCUT2D eigenvalue weighted by Crippen LogP contribution is -2.41. The molecule has 0 amide bonds.